The van der Waals surface area contributed by atoms with Crippen LogP contribution in [-0.4, -0.2) is 80.2 Å². The van der Waals surface area contributed by atoms with Crippen LogP contribution in [0.25, 0.3) is 0 Å². The van der Waals surface area contributed by atoms with E-state index in [-0.39, 0.29) is 12.7 Å². The topological polar surface area (TPSA) is 106 Å². The van der Waals surface area contributed by atoms with Crippen LogP contribution in [0.4, 0.5) is 17.8 Å². The molecule has 0 N–H and O–H groups in total. The largest absolute Gasteiger partial charge is 0.493 e. The molecule has 206 valence electrons. The minimum atomic E-state index is -0.431. The first-order valence-corrected chi connectivity index (χ1v) is 13.5. The van der Waals surface area contributed by atoms with Crippen molar-refractivity contribution in [3.63, 3.8) is 0 Å². The Labute approximate surface area is 224 Å². The molecule has 0 bridgehead atoms. The van der Waals surface area contributed by atoms with E-state index in [0.717, 1.165) is 69.3 Å². The number of hydrogen-bond donors (Lipinski definition) is 0. The molecule has 0 aliphatic carbocycles. The summed E-state index contributed by atoms with van der Waals surface area (Å²) >= 11 is 0. The number of aromatic nitrogens is 3. The van der Waals surface area contributed by atoms with Crippen molar-refractivity contribution in [3.8, 4) is 11.5 Å². The Morgan fingerprint density at radius 2 is 1.58 bits per heavy atom. The van der Waals surface area contributed by atoms with Crippen LogP contribution in [-0.2, 0) is 9.53 Å². The maximum absolute atomic E-state index is 11.8. The van der Waals surface area contributed by atoms with Gasteiger partial charge in [0.05, 0.1) is 19.4 Å². The van der Waals surface area contributed by atoms with Crippen LogP contribution in [0.3, 0.4) is 0 Å². The number of carbonyl (C=O) groups is 1. The van der Waals surface area contributed by atoms with E-state index >= 15 is 0 Å². The second kappa shape index (κ2) is 13.3. The predicted octanol–water partition coefficient (Wildman–Crippen LogP) is 3.66. The van der Waals surface area contributed by atoms with Gasteiger partial charge in [-0.15, -0.1) is 0 Å². The summed E-state index contributed by atoms with van der Waals surface area (Å²) in [7, 11) is 3.39. The van der Waals surface area contributed by atoms with E-state index in [1.807, 2.05) is 13.1 Å². The monoisotopic (exact) mass is 525 g/mol. The van der Waals surface area contributed by atoms with Gasteiger partial charge in [0.1, 0.15) is 0 Å². The second-order valence-corrected chi connectivity index (χ2v) is 9.84. The molecule has 38 heavy (non-hydrogen) atoms. The molecule has 2 aliphatic heterocycles. The van der Waals surface area contributed by atoms with Gasteiger partial charge in [-0.3, -0.25) is 0 Å². The minimum Gasteiger partial charge on any atom is -0.493 e. The summed E-state index contributed by atoms with van der Waals surface area (Å²) in [6.07, 6.45) is 8.59. The molecule has 2 aromatic rings. The minimum absolute atomic E-state index is 0.192. The van der Waals surface area contributed by atoms with Gasteiger partial charge in [-0.05, 0) is 76.1 Å². The number of piperidine rings is 2. The summed E-state index contributed by atoms with van der Waals surface area (Å²) in [4.78, 5) is 30.7. The lowest BCUT2D eigenvalue weighted by Crippen LogP contribution is -2.35. The molecule has 4 rings (SSSR count). The maximum atomic E-state index is 11.8. The molecule has 2 saturated heterocycles. The fourth-order valence-corrected chi connectivity index (χ4v) is 4.48. The fourth-order valence-electron chi connectivity index (χ4n) is 4.48. The summed E-state index contributed by atoms with van der Waals surface area (Å²) in [5.41, 5.74) is 0.798. The van der Waals surface area contributed by atoms with Crippen LogP contribution in [0.1, 0.15) is 57.9 Å². The summed E-state index contributed by atoms with van der Waals surface area (Å²) < 4.78 is 16.2. The van der Waals surface area contributed by atoms with Crippen LogP contribution in [0.15, 0.2) is 23.3 Å². The molecule has 0 radical (unpaired) electrons. The summed E-state index contributed by atoms with van der Waals surface area (Å²) in [5.74, 6) is 2.46. The van der Waals surface area contributed by atoms with Gasteiger partial charge in [0.25, 0.3) is 5.95 Å². The van der Waals surface area contributed by atoms with Crippen molar-refractivity contribution < 1.29 is 19.0 Å². The standard InChI is InChI=1S/C27H39N7O4/c1-20(2)38-24(35)19-37-22-12-11-21(17-23(22)36-4)18-28-32(3)25-29-26(33-13-7-5-8-14-33)31-27(30-25)34-15-9-6-10-16-34/h11-12,17-18,20H,5-10,13-16,19H2,1-4H3/b28-18+. The van der Waals surface area contributed by atoms with Crippen LogP contribution in [0, 0.1) is 0 Å². The fraction of sp³-hybridized carbons (Fsp3) is 0.593. The summed E-state index contributed by atoms with van der Waals surface area (Å²) in [6, 6.07) is 5.38. The molecule has 0 saturated carbocycles. The quantitative estimate of drug-likeness (QED) is 0.259. The molecule has 11 nitrogen and oxygen atoms in total. The van der Waals surface area contributed by atoms with Crippen LogP contribution < -0.4 is 24.3 Å². The summed E-state index contributed by atoms with van der Waals surface area (Å²) in [5, 5.41) is 6.27. The SMILES string of the molecule is COc1cc(/C=N/N(C)c2nc(N3CCCCC3)nc(N3CCCCC3)n2)ccc1OCC(=O)OC(C)C. The van der Waals surface area contributed by atoms with Gasteiger partial charge >= 0.3 is 5.97 Å². The highest BCUT2D eigenvalue weighted by molar-refractivity contribution is 5.81. The average molecular weight is 526 g/mol. The van der Waals surface area contributed by atoms with E-state index < -0.39 is 5.97 Å². The normalized spacial score (nSPS) is 16.1. The van der Waals surface area contributed by atoms with E-state index in [4.69, 9.17) is 29.2 Å². The van der Waals surface area contributed by atoms with Crippen molar-refractivity contribution in [3.05, 3.63) is 23.8 Å². The molecule has 2 fully saturated rings. The van der Waals surface area contributed by atoms with Crippen molar-refractivity contribution >= 4 is 30.0 Å². The first-order valence-electron chi connectivity index (χ1n) is 13.5. The van der Waals surface area contributed by atoms with Gasteiger partial charge in [-0.1, -0.05) is 0 Å². The first-order chi connectivity index (χ1) is 18.4. The second-order valence-electron chi connectivity index (χ2n) is 9.84. The highest BCUT2D eigenvalue weighted by Crippen LogP contribution is 2.28. The van der Waals surface area contributed by atoms with Crippen molar-refractivity contribution in [2.45, 2.75) is 58.5 Å². The number of esters is 1. The average Bonchev–Trinajstić information content (AvgIpc) is 2.95. The Hall–Kier alpha value is -3.63. The lowest BCUT2D eigenvalue weighted by molar-refractivity contribution is -0.149. The van der Waals surface area contributed by atoms with Crippen molar-refractivity contribution in [2.75, 3.05) is 61.8 Å². The Morgan fingerprint density at radius 3 is 2.13 bits per heavy atom. The zero-order chi connectivity index (χ0) is 26.9. The van der Waals surface area contributed by atoms with Gasteiger partial charge in [0.2, 0.25) is 11.9 Å². The number of anilines is 3. The molecular weight excluding hydrogens is 486 g/mol. The van der Waals surface area contributed by atoms with Gasteiger partial charge in [-0.2, -0.15) is 20.1 Å². The Morgan fingerprint density at radius 1 is 0.974 bits per heavy atom. The highest BCUT2D eigenvalue weighted by Gasteiger charge is 2.21. The zero-order valence-electron chi connectivity index (χ0n) is 22.9. The molecule has 0 atom stereocenters. The Balaban J connectivity index is 1.50. The van der Waals surface area contributed by atoms with Gasteiger partial charge in [0, 0.05) is 33.2 Å². The van der Waals surface area contributed by atoms with Crippen molar-refractivity contribution in [1.29, 1.82) is 0 Å². The number of rotatable bonds is 10. The predicted molar refractivity (Wildman–Crippen MR) is 148 cm³/mol. The molecule has 0 unspecified atom stereocenters. The van der Waals surface area contributed by atoms with Gasteiger partial charge < -0.3 is 24.0 Å². The van der Waals surface area contributed by atoms with E-state index in [0.29, 0.717) is 17.4 Å². The van der Waals surface area contributed by atoms with Crippen LogP contribution in [0.5, 0.6) is 11.5 Å². The number of benzene rings is 1. The highest BCUT2D eigenvalue weighted by atomic mass is 16.6. The van der Waals surface area contributed by atoms with Crippen LogP contribution in [0.2, 0.25) is 0 Å². The molecule has 0 spiro atoms. The maximum Gasteiger partial charge on any atom is 0.344 e. The van der Waals surface area contributed by atoms with Crippen molar-refractivity contribution in [1.82, 2.24) is 15.0 Å². The zero-order valence-corrected chi connectivity index (χ0v) is 22.9. The van der Waals surface area contributed by atoms with Crippen molar-refractivity contribution in [2.24, 2.45) is 5.10 Å². The van der Waals surface area contributed by atoms with Crippen LogP contribution >= 0.6 is 0 Å². The molecule has 3 heterocycles. The Bertz CT molecular complexity index is 1060. The lowest BCUT2D eigenvalue weighted by Gasteiger charge is -2.30. The lowest BCUT2D eigenvalue weighted by atomic mass is 10.1. The number of hydrogen-bond acceptors (Lipinski definition) is 11. The smallest absolute Gasteiger partial charge is 0.344 e. The van der Waals surface area contributed by atoms with E-state index in [1.165, 1.54) is 12.8 Å². The third-order valence-corrected chi connectivity index (χ3v) is 6.45. The molecular formula is C27H39N7O4. The molecule has 11 heteroatoms. The number of methoxy groups -OCH3 is 1. The third kappa shape index (κ3) is 7.45. The molecule has 1 aromatic heterocycles. The third-order valence-electron chi connectivity index (χ3n) is 6.45. The summed E-state index contributed by atoms with van der Waals surface area (Å²) in [6.45, 7) is 7.23. The van der Waals surface area contributed by atoms with E-state index in [1.54, 1.807) is 44.3 Å². The first kappa shape index (κ1) is 27.4. The number of nitrogens with zero attached hydrogens (tertiary/aromatic N) is 7. The van der Waals surface area contributed by atoms with Gasteiger partial charge in [0.15, 0.2) is 18.1 Å². The van der Waals surface area contributed by atoms with E-state index in [2.05, 4.69) is 14.9 Å². The number of hydrazone groups is 1. The molecule has 1 aromatic carbocycles. The molecule has 2 aliphatic rings. The van der Waals surface area contributed by atoms with E-state index in [9.17, 15) is 4.79 Å². The van der Waals surface area contributed by atoms with Gasteiger partial charge in [-0.25, -0.2) is 9.80 Å². The number of carbonyl (C=O) groups excluding carboxylic acids is 1. The Kier molecular flexibility index (Phi) is 9.56. The molecule has 0 amide bonds. The number of ether oxygens (including phenoxy) is 3.